The van der Waals surface area contributed by atoms with Gasteiger partial charge in [-0.3, -0.25) is 0 Å². The second kappa shape index (κ2) is 5.21. The van der Waals surface area contributed by atoms with Gasteiger partial charge in [-0.15, -0.1) is 0 Å². The van der Waals surface area contributed by atoms with Crippen molar-refractivity contribution in [1.29, 1.82) is 0 Å². The van der Waals surface area contributed by atoms with Crippen LogP contribution >= 0.6 is 11.6 Å². The van der Waals surface area contributed by atoms with Gasteiger partial charge in [-0.2, -0.15) is 0 Å². The Bertz CT molecular complexity index is 494. The third-order valence-electron chi connectivity index (χ3n) is 2.62. The van der Waals surface area contributed by atoms with E-state index in [4.69, 9.17) is 16.3 Å². The molecule has 88 valence electrons. The normalized spacial score (nSPS) is 12.2. The molecule has 0 bridgehead atoms. The summed E-state index contributed by atoms with van der Waals surface area (Å²) in [7, 11) is 1.59. The third-order valence-corrected chi connectivity index (χ3v) is 2.87. The minimum atomic E-state index is -0.705. The van der Waals surface area contributed by atoms with Gasteiger partial charge in [-0.05, 0) is 23.8 Å². The first-order valence-corrected chi connectivity index (χ1v) is 5.66. The van der Waals surface area contributed by atoms with Crippen molar-refractivity contribution in [3.8, 4) is 5.75 Å². The molecule has 0 saturated carbocycles. The molecule has 0 aromatic heterocycles. The third kappa shape index (κ3) is 2.60. The Kier molecular flexibility index (Phi) is 3.67. The SMILES string of the molecule is COc1ccccc1C(O)c1ccc(Cl)cc1. The van der Waals surface area contributed by atoms with Crippen molar-refractivity contribution < 1.29 is 9.84 Å². The van der Waals surface area contributed by atoms with Crippen LogP contribution < -0.4 is 4.74 Å². The van der Waals surface area contributed by atoms with Crippen molar-refractivity contribution in [1.82, 2.24) is 0 Å². The van der Waals surface area contributed by atoms with E-state index in [2.05, 4.69) is 0 Å². The molecule has 1 atom stereocenters. The maximum atomic E-state index is 10.3. The number of methoxy groups -OCH3 is 1. The van der Waals surface area contributed by atoms with Crippen molar-refractivity contribution in [2.45, 2.75) is 6.10 Å². The van der Waals surface area contributed by atoms with Crippen LogP contribution in [0.25, 0.3) is 0 Å². The van der Waals surface area contributed by atoms with Gasteiger partial charge >= 0.3 is 0 Å². The molecule has 1 unspecified atom stereocenters. The first kappa shape index (κ1) is 12.0. The molecule has 2 aromatic carbocycles. The predicted octanol–water partition coefficient (Wildman–Crippen LogP) is 3.43. The number of benzene rings is 2. The molecule has 2 rings (SSSR count). The van der Waals surface area contributed by atoms with Crippen LogP contribution in [0.2, 0.25) is 5.02 Å². The molecule has 1 N–H and O–H groups in total. The molecule has 0 fully saturated rings. The fourth-order valence-corrected chi connectivity index (χ4v) is 1.84. The highest BCUT2D eigenvalue weighted by Crippen LogP contribution is 2.30. The van der Waals surface area contributed by atoms with Gasteiger partial charge in [0.25, 0.3) is 0 Å². The van der Waals surface area contributed by atoms with Gasteiger partial charge in [-0.1, -0.05) is 41.9 Å². The van der Waals surface area contributed by atoms with Gasteiger partial charge in [0.1, 0.15) is 11.9 Å². The number of rotatable bonds is 3. The van der Waals surface area contributed by atoms with Crippen LogP contribution in [0.5, 0.6) is 5.75 Å². The summed E-state index contributed by atoms with van der Waals surface area (Å²) in [5.41, 5.74) is 1.54. The Hall–Kier alpha value is -1.51. The molecule has 0 aliphatic rings. The molecule has 0 aliphatic carbocycles. The molecule has 0 saturated heterocycles. The van der Waals surface area contributed by atoms with Crippen LogP contribution in [-0.2, 0) is 0 Å². The minimum Gasteiger partial charge on any atom is -0.496 e. The molecule has 2 nitrogen and oxygen atoms in total. The molecule has 0 spiro atoms. The highest BCUT2D eigenvalue weighted by atomic mass is 35.5. The highest BCUT2D eigenvalue weighted by Gasteiger charge is 2.14. The maximum absolute atomic E-state index is 10.3. The lowest BCUT2D eigenvalue weighted by Crippen LogP contribution is -2.01. The number of hydrogen-bond donors (Lipinski definition) is 1. The second-order valence-corrected chi connectivity index (χ2v) is 4.13. The summed E-state index contributed by atoms with van der Waals surface area (Å²) in [4.78, 5) is 0. The van der Waals surface area contributed by atoms with Crippen LogP contribution in [0.1, 0.15) is 17.2 Å². The van der Waals surface area contributed by atoms with E-state index >= 15 is 0 Å². The van der Waals surface area contributed by atoms with Gasteiger partial charge in [-0.25, -0.2) is 0 Å². The minimum absolute atomic E-state index is 0.654. The Morgan fingerprint density at radius 1 is 1.06 bits per heavy atom. The highest BCUT2D eigenvalue weighted by molar-refractivity contribution is 6.30. The smallest absolute Gasteiger partial charge is 0.125 e. The zero-order valence-corrected chi connectivity index (χ0v) is 10.2. The predicted molar refractivity (Wildman–Crippen MR) is 68.5 cm³/mol. The fraction of sp³-hybridized carbons (Fsp3) is 0.143. The standard InChI is InChI=1S/C14H13ClO2/c1-17-13-5-3-2-4-12(13)14(16)10-6-8-11(15)9-7-10/h2-9,14,16H,1H3. The lowest BCUT2D eigenvalue weighted by Gasteiger charge is -2.14. The molecular weight excluding hydrogens is 236 g/mol. The van der Waals surface area contributed by atoms with Gasteiger partial charge in [0.2, 0.25) is 0 Å². The monoisotopic (exact) mass is 248 g/mol. The summed E-state index contributed by atoms with van der Waals surface area (Å²) >= 11 is 5.81. The van der Waals surface area contributed by atoms with E-state index in [9.17, 15) is 5.11 Å². The summed E-state index contributed by atoms with van der Waals surface area (Å²) in [6.07, 6.45) is -0.705. The molecule has 3 heteroatoms. The molecule has 0 amide bonds. The quantitative estimate of drug-likeness (QED) is 0.902. The van der Waals surface area contributed by atoms with Crippen molar-refractivity contribution in [3.63, 3.8) is 0 Å². The Labute approximate surface area is 105 Å². The zero-order valence-electron chi connectivity index (χ0n) is 9.43. The topological polar surface area (TPSA) is 29.5 Å². The van der Waals surface area contributed by atoms with Gasteiger partial charge < -0.3 is 9.84 Å². The Balaban J connectivity index is 2.36. The molecule has 0 aliphatic heterocycles. The largest absolute Gasteiger partial charge is 0.496 e. The second-order valence-electron chi connectivity index (χ2n) is 3.70. The molecule has 17 heavy (non-hydrogen) atoms. The van der Waals surface area contributed by atoms with E-state index in [0.29, 0.717) is 10.8 Å². The average Bonchev–Trinajstić information content (AvgIpc) is 2.39. The maximum Gasteiger partial charge on any atom is 0.125 e. The van der Waals surface area contributed by atoms with E-state index in [0.717, 1.165) is 11.1 Å². The average molecular weight is 249 g/mol. The molecule has 0 heterocycles. The fourth-order valence-electron chi connectivity index (χ4n) is 1.72. The van der Waals surface area contributed by atoms with E-state index in [1.54, 1.807) is 31.4 Å². The summed E-state index contributed by atoms with van der Waals surface area (Å²) in [5.74, 6) is 0.676. The first-order valence-electron chi connectivity index (χ1n) is 5.29. The first-order chi connectivity index (χ1) is 8.22. The number of para-hydroxylation sites is 1. The van der Waals surface area contributed by atoms with Crippen molar-refractivity contribution in [3.05, 3.63) is 64.7 Å². The van der Waals surface area contributed by atoms with Gasteiger partial charge in [0, 0.05) is 10.6 Å². The van der Waals surface area contributed by atoms with Crippen molar-refractivity contribution in [2.24, 2.45) is 0 Å². The molecular formula is C14H13ClO2. The van der Waals surface area contributed by atoms with E-state index in [-0.39, 0.29) is 0 Å². The van der Waals surface area contributed by atoms with Crippen LogP contribution in [-0.4, -0.2) is 12.2 Å². The number of ether oxygens (including phenoxy) is 1. The van der Waals surface area contributed by atoms with E-state index in [1.165, 1.54) is 0 Å². The molecule has 0 radical (unpaired) electrons. The zero-order chi connectivity index (χ0) is 12.3. The van der Waals surface area contributed by atoms with Crippen LogP contribution in [0.15, 0.2) is 48.5 Å². The lowest BCUT2D eigenvalue weighted by molar-refractivity contribution is 0.214. The number of hydrogen-bond acceptors (Lipinski definition) is 2. The number of halogens is 1. The van der Waals surface area contributed by atoms with Crippen LogP contribution in [0, 0.1) is 0 Å². The van der Waals surface area contributed by atoms with Gasteiger partial charge in [0.15, 0.2) is 0 Å². The van der Waals surface area contributed by atoms with Crippen molar-refractivity contribution >= 4 is 11.6 Å². The van der Waals surface area contributed by atoms with Crippen LogP contribution in [0.3, 0.4) is 0 Å². The summed E-state index contributed by atoms with van der Waals surface area (Å²) in [6.45, 7) is 0. The van der Waals surface area contributed by atoms with E-state index < -0.39 is 6.10 Å². The summed E-state index contributed by atoms with van der Waals surface area (Å²) < 4.78 is 5.23. The van der Waals surface area contributed by atoms with Gasteiger partial charge in [0.05, 0.1) is 7.11 Å². The number of aliphatic hydroxyl groups excluding tert-OH is 1. The molecule has 2 aromatic rings. The van der Waals surface area contributed by atoms with Crippen LogP contribution in [0.4, 0.5) is 0 Å². The Morgan fingerprint density at radius 3 is 2.35 bits per heavy atom. The summed E-state index contributed by atoms with van der Waals surface area (Å²) in [6, 6.07) is 14.5. The van der Waals surface area contributed by atoms with Crippen molar-refractivity contribution in [2.75, 3.05) is 7.11 Å². The number of aliphatic hydroxyl groups is 1. The summed E-state index contributed by atoms with van der Waals surface area (Å²) in [5, 5.41) is 10.9. The lowest BCUT2D eigenvalue weighted by atomic mass is 10.0. The van der Waals surface area contributed by atoms with E-state index in [1.807, 2.05) is 24.3 Å². The Morgan fingerprint density at radius 2 is 1.71 bits per heavy atom.